The van der Waals surface area contributed by atoms with Crippen molar-refractivity contribution in [3.8, 4) is 0 Å². The molecule has 0 amide bonds. The van der Waals surface area contributed by atoms with Gasteiger partial charge in [-0.25, -0.2) is 4.98 Å². The first kappa shape index (κ1) is 13.3. The SMILES string of the molecule is CO[C@@H]1C[C@@H](c2nc(C)c(C)[nH]2)N(Cc2ccon2)C1. The Bertz CT molecular complexity index is 544. The maximum absolute atomic E-state index is 5.52. The minimum atomic E-state index is 0.234. The number of hydrogen-bond donors (Lipinski definition) is 1. The van der Waals surface area contributed by atoms with Gasteiger partial charge in [-0.05, 0) is 20.3 Å². The number of aryl methyl sites for hydroxylation is 2. The first-order chi connectivity index (χ1) is 9.67. The molecular formula is C14H20N4O2. The summed E-state index contributed by atoms with van der Waals surface area (Å²) in [6, 6.07) is 2.14. The van der Waals surface area contributed by atoms with Crippen molar-refractivity contribution in [2.75, 3.05) is 13.7 Å². The van der Waals surface area contributed by atoms with Gasteiger partial charge in [0.2, 0.25) is 0 Å². The fourth-order valence-electron chi connectivity index (χ4n) is 2.75. The molecule has 0 unspecified atom stereocenters. The summed E-state index contributed by atoms with van der Waals surface area (Å²) in [5, 5.41) is 3.99. The number of nitrogens with zero attached hydrogens (tertiary/aromatic N) is 3. The molecule has 0 aliphatic carbocycles. The number of rotatable bonds is 4. The number of methoxy groups -OCH3 is 1. The molecule has 0 radical (unpaired) electrons. The maximum Gasteiger partial charge on any atom is 0.124 e. The molecular weight excluding hydrogens is 256 g/mol. The Balaban J connectivity index is 1.82. The van der Waals surface area contributed by atoms with Crippen molar-refractivity contribution in [3.05, 3.63) is 35.2 Å². The summed E-state index contributed by atoms with van der Waals surface area (Å²) in [7, 11) is 1.76. The zero-order valence-electron chi connectivity index (χ0n) is 12.1. The number of imidazole rings is 1. The van der Waals surface area contributed by atoms with Crippen molar-refractivity contribution < 1.29 is 9.26 Å². The standard InChI is InChI=1S/C14H20N4O2/c1-9-10(2)16-14(15-9)13-6-12(19-3)8-18(13)7-11-4-5-20-17-11/h4-5,12-13H,6-8H2,1-3H3,(H,15,16)/t12-,13+/m1/s1. The van der Waals surface area contributed by atoms with Gasteiger partial charge in [-0.15, -0.1) is 0 Å². The summed E-state index contributed by atoms with van der Waals surface area (Å²) >= 11 is 0. The fourth-order valence-corrected chi connectivity index (χ4v) is 2.75. The van der Waals surface area contributed by atoms with Crippen LogP contribution in [0.25, 0.3) is 0 Å². The number of hydrogen-bond acceptors (Lipinski definition) is 5. The van der Waals surface area contributed by atoms with Crippen molar-refractivity contribution in [3.63, 3.8) is 0 Å². The first-order valence-corrected chi connectivity index (χ1v) is 6.86. The predicted octanol–water partition coefficient (Wildman–Crippen LogP) is 1.98. The van der Waals surface area contributed by atoms with Crippen molar-refractivity contribution >= 4 is 0 Å². The average Bonchev–Trinajstić information content (AvgIpc) is 3.13. The van der Waals surface area contributed by atoms with Crippen molar-refractivity contribution in [2.45, 2.75) is 39.0 Å². The van der Waals surface area contributed by atoms with E-state index in [9.17, 15) is 0 Å². The van der Waals surface area contributed by atoms with E-state index in [2.05, 4.69) is 26.9 Å². The summed E-state index contributed by atoms with van der Waals surface area (Å²) < 4.78 is 10.4. The van der Waals surface area contributed by atoms with Crippen LogP contribution in [0.1, 0.15) is 35.4 Å². The highest BCUT2D eigenvalue weighted by molar-refractivity contribution is 5.15. The molecule has 2 atom stereocenters. The molecule has 6 nitrogen and oxygen atoms in total. The van der Waals surface area contributed by atoms with Gasteiger partial charge >= 0.3 is 0 Å². The number of aromatic nitrogens is 3. The third kappa shape index (κ3) is 2.48. The van der Waals surface area contributed by atoms with Crippen molar-refractivity contribution in [1.82, 2.24) is 20.0 Å². The molecule has 2 aromatic heterocycles. The van der Waals surface area contributed by atoms with E-state index in [4.69, 9.17) is 9.26 Å². The highest BCUT2D eigenvalue weighted by atomic mass is 16.5. The van der Waals surface area contributed by atoms with Crippen LogP contribution in [0.2, 0.25) is 0 Å². The van der Waals surface area contributed by atoms with Crippen molar-refractivity contribution in [1.29, 1.82) is 0 Å². The lowest BCUT2D eigenvalue weighted by Gasteiger charge is -2.21. The van der Waals surface area contributed by atoms with Gasteiger partial charge in [0, 0.05) is 32.0 Å². The Morgan fingerprint density at radius 3 is 2.95 bits per heavy atom. The first-order valence-electron chi connectivity index (χ1n) is 6.86. The highest BCUT2D eigenvalue weighted by Crippen LogP contribution is 2.33. The van der Waals surface area contributed by atoms with Crippen LogP contribution >= 0.6 is 0 Å². The number of nitrogens with one attached hydrogen (secondary N) is 1. The molecule has 1 fully saturated rings. The molecule has 0 spiro atoms. The van der Waals surface area contributed by atoms with Crippen LogP contribution in [0.15, 0.2) is 16.9 Å². The monoisotopic (exact) mass is 276 g/mol. The second kappa shape index (κ2) is 5.38. The van der Waals surface area contributed by atoms with Gasteiger partial charge in [0.15, 0.2) is 0 Å². The Morgan fingerprint density at radius 1 is 1.50 bits per heavy atom. The third-order valence-corrected chi connectivity index (χ3v) is 4.02. The van der Waals surface area contributed by atoms with Gasteiger partial charge in [-0.2, -0.15) is 0 Å². The van der Waals surface area contributed by atoms with Gasteiger partial charge in [-0.3, -0.25) is 4.90 Å². The number of H-pyrrole nitrogens is 1. The Morgan fingerprint density at radius 2 is 2.35 bits per heavy atom. The molecule has 0 saturated carbocycles. The van der Waals surface area contributed by atoms with E-state index in [0.29, 0.717) is 0 Å². The lowest BCUT2D eigenvalue weighted by molar-refractivity contribution is 0.107. The topological polar surface area (TPSA) is 67.2 Å². The summed E-state index contributed by atoms with van der Waals surface area (Å²) in [6.45, 7) is 5.71. The van der Waals surface area contributed by atoms with Crippen LogP contribution < -0.4 is 0 Å². The number of ether oxygens (including phenoxy) is 1. The lowest BCUT2D eigenvalue weighted by atomic mass is 10.2. The Kier molecular flexibility index (Phi) is 3.58. The Hall–Kier alpha value is -1.66. The van der Waals surface area contributed by atoms with E-state index in [1.54, 1.807) is 13.4 Å². The number of aromatic amines is 1. The van der Waals surface area contributed by atoms with E-state index in [-0.39, 0.29) is 12.1 Å². The largest absolute Gasteiger partial charge is 0.380 e. The molecule has 3 heterocycles. The van der Waals surface area contributed by atoms with Gasteiger partial charge in [-0.1, -0.05) is 5.16 Å². The molecule has 1 aliphatic rings. The highest BCUT2D eigenvalue weighted by Gasteiger charge is 2.35. The van der Waals surface area contributed by atoms with Crippen LogP contribution in [-0.2, 0) is 11.3 Å². The second-order valence-electron chi connectivity index (χ2n) is 5.36. The molecule has 20 heavy (non-hydrogen) atoms. The van der Waals surface area contributed by atoms with Gasteiger partial charge in [0.25, 0.3) is 0 Å². The van der Waals surface area contributed by atoms with Crippen molar-refractivity contribution in [2.24, 2.45) is 0 Å². The maximum atomic E-state index is 5.52. The number of likely N-dealkylation sites (tertiary alicyclic amines) is 1. The van der Waals surface area contributed by atoms with Gasteiger partial charge in [0.1, 0.15) is 12.1 Å². The zero-order valence-corrected chi connectivity index (χ0v) is 12.1. The Labute approximate surface area is 118 Å². The average molecular weight is 276 g/mol. The van der Waals surface area contributed by atoms with E-state index < -0.39 is 0 Å². The normalized spacial score (nSPS) is 23.6. The second-order valence-corrected chi connectivity index (χ2v) is 5.36. The van der Waals surface area contributed by atoms with Crippen LogP contribution in [0, 0.1) is 13.8 Å². The van der Waals surface area contributed by atoms with Crippen LogP contribution in [0.3, 0.4) is 0 Å². The zero-order chi connectivity index (χ0) is 14.1. The molecule has 1 saturated heterocycles. The molecule has 1 aliphatic heterocycles. The summed E-state index contributed by atoms with van der Waals surface area (Å²) in [6.07, 6.45) is 2.79. The van der Waals surface area contributed by atoms with E-state index in [1.165, 1.54) is 0 Å². The van der Waals surface area contributed by atoms with Gasteiger partial charge < -0.3 is 14.2 Å². The lowest BCUT2D eigenvalue weighted by Crippen LogP contribution is -2.25. The minimum absolute atomic E-state index is 0.234. The molecule has 0 aromatic carbocycles. The summed E-state index contributed by atoms with van der Waals surface area (Å²) in [4.78, 5) is 10.4. The van der Waals surface area contributed by atoms with E-state index in [0.717, 1.165) is 42.4 Å². The molecule has 6 heteroatoms. The fraction of sp³-hybridized carbons (Fsp3) is 0.571. The van der Waals surface area contributed by atoms with E-state index in [1.807, 2.05) is 13.0 Å². The third-order valence-electron chi connectivity index (χ3n) is 4.02. The minimum Gasteiger partial charge on any atom is -0.380 e. The van der Waals surface area contributed by atoms with Crippen LogP contribution in [0.5, 0.6) is 0 Å². The molecule has 2 aromatic rings. The van der Waals surface area contributed by atoms with Crippen LogP contribution in [0.4, 0.5) is 0 Å². The summed E-state index contributed by atoms with van der Waals surface area (Å²) in [5.41, 5.74) is 3.12. The van der Waals surface area contributed by atoms with Crippen LogP contribution in [-0.4, -0.2) is 39.8 Å². The molecule has 3 rings (SSSR count). The van der Waals surface area contributed by atoms with E-state index >= 15 is 0 Å². The summed E-state index contributed by atoms with van der Waals surface area (Å²) in [5.74, 6) is 1.02. The molecule has 1 N–H and O–H groups in total. The molecule has 108 valence electrons. The smallest absolute Gasteiger partial charge is 0.124 e. The molecule has 0 bridgehead atoms. The quantitative estimate of drug-likeness (QED) is 0.924. The predicted molar refractivity (Wildman–Crippen MR) is 73.1 cm³/mol. The van der Waals surface area contributed by atoms with Gasteiger partial charge in [0.05, 0.1) is 23.5 Å².